The third-order valence-corrected chi connectivity index (χ3v) is 3.17. The average Bonchev–Trinajstić information content (AvgIpc) is 2.46. The molecule has 0 radical (unpaired) electrons. The van der Waals surface area contributed by atoms with Gasteiger partial charge in [0.1, 0.15) is 5.82 Å². The summed E-state index contributed by atoms with van der Waals surface area (Å²) in [7, 11) is 0. The summed E-state index contributed by atoms with van der Waals surface area (Å²) in [6, 6.07) is 10.6. The van der Waals surface area contributed by atoms with Crippen LogP contribution < -0.4 is 10.1 Å². The first-order valence-corrected chi connectivity index (χ1v) is 7.15. The van der Waals surface area contributed by atoms with Crippen LogP contribution in [0.2, 0.25) is 0 Å². The van der Waals surface area contributed by atoms with Crippen molar-refractivity contribution in [1.82, 2.24) is 10.3 Å². The number of benzene rings is 1. The fourth-order valence-electron chi connectivity index (χ4n) is 2.02. The van der Waals surface area contributed by atoms with Crippen molar-refractivity contribution in [1.29, 1.82) is 0 Å². The standard InChI is InChI=1S/C17H21FN2O/c1-12(2)21-17-15(5-4-10-19-17)11-20-13(3)14-6-8-16(18)9-7-14/h4-10,12-13,20H,11H2,1-3H3. The molecule has 4 heteroatoms. The van der Waals surface area contributed by atoms with Gasteiger partial charge in [0.2, 0.25) is 5.88 Å². The van der Waals surface area contributed by atoms with Crippen molar-refractivity contribution in [3.63, 3.8) is 0 Å². The summed E-state index contributed by atoms with van der Waals surface area (Å²) in [4.78, 5) is 4.27. The normalized spacial score (nSPS) is 12.4. The van der Waals surface area contributed by atoms with Crippen molar-refractivity contribution in [3.05, 3.63) is 59.5 Å². The Kier molecular flexibility index (Phi) is 5.28. The first-order valence-electron chi connectivity index (χ1n) is 7.15. The molecule has 0 fully saturated rings. The van der Waals surface area contributed by atoms with Gasteiger partial charge < -0.3 is 10.1 Å². The minimum atomic E-state index is -0.217. The highest BCUT2D eigenvalue weighted by Crippen LogP contribution is 2.18. The van der Waals surface area contributed by atoms with Crippen LogP contribution in [0.15, 0.2) is 42.6 Å². The Morgan fingerprint density at radius 2 is 1.86 bits per heavy atom. The molecular weight excluding hydrogens is 267 g/mol. The lowest BCUT2D eigenvalue weighted by atomic mass is 10.1. The van der Waals surface area contributed by atoms with E-state index in [9.17, 15) is 4.39 Å². The number of pyridine rings is 1. The summed E-state index contributed by atoms with van der Waals surface area (Å²) in [6.45, 7) is 6.65. The van der Waals surface area contributed by atoms with Gasteiger partial charge in [0, 0.05) is 24.3 Å². The Labute approximate surface area is 125 Å². The van der Waals surface area contributed by atoms with E-state index in [1.54, 1.807) is 18.3 Å². The smallest absolute Gasteiger partial charge is 0.218 e. The highest BCUT2D eigenvalue weighted by Gasteiger charge is 2.09. The summed E-state index contributed by atoms with van der Waals surface area (Å²) >= 11 is 0. The zero-order valence-corrected chi connectivity index (χ0v) is 12.6. The molecule has 0 aliphatic carbocycles. The van der Waals surface area contributed by atoms with Crippen LogP contribution in [0.4, 0.5) is 4.39 Å². The summed E-state index contributed by atoms with van der Waals surface area (Å²) in [6.07, 6.45) is 1.82. The minimum Gasteiger partial charge on any atom is -0.475 e. The maximum atomic E-state index is 12.9. The van der Waals surface area contributed by atoms with Crippen LogP contribution in [0.5, 0.6) is 5.88 Å². The van der Waals surface area contributed by atoms with Gasteiger partial charge in [-0.1, -0.05) is 18.2 Å². The maximum absolute atomic E-state index is 12.9. The van der Waals surface area contributed by atoms with Gasteiger partial charge >= 0.3 is 0 Å². The molecule has 0 aliphatic rings. The van der Waals surface area contributed by atoms with Crippen LogP contribution in [-0.2, 0) is 6.54 Å². The maximum Gasteiger partial charge on any atom is 0.218 e. The molecular formula is C17H21FN2O. The van der Waals surface area contributed by atoms with E-state index in [0.717, 1.165) is 11.1 Å². The number of hydrogen-bond donors (Lipinski definition) is 1. The number of hydrogen-bond acceptors (Lipinski definition) is 3. The molecule has 0 saturated heterocycles. The number of nitrogens with one attached hydrogen (secondary N) is 1. The molecule has 1 atom stereocenters. The fourth-order valence-corrected chi connectivity index (χ4v) is 2.02. The summed E-state index contributed by atoms with van der Waals surface area (Å²) in [5, 5.41) is 3.41. The third kappa shape index (κ3) is 4.53. The molecule has 0 bridgehead atoms. The molecule has 0 spiro atoms. The molecule has 2 aromatic rings. The zero-order chi connectivity index (χ0) is 15.2. The van der Waals surface area contributed by atoms with E-state index in [2.05, 4.69) is 10.3 Å². The van der Waals surface area contributed by atoms with Crippen LogP contribution in [0.25, 0.3) is 0 Å². The molecule has 0 aliphatic heterocycles. The summed E-state index contributed by atoms with van der Waals surface area (Å²) < 4.78 is 18.6. The van der Waals surface area contributed by atoms with Crippen LogP contribution in [0.3, 0.4) is 0 Å². The Morgan fingerprint density at radius 3 is 2.52 bits per heavy atom. The van der Waals surface area contributed by atoms with E-state index in [1.807, 2.05) is 32.9 Å². The van der Waals surface area contributed by atoms with Gasteiger partial charge in [-0.15, -0.1) is 0 Å². The first-order chi connectivity index (χ1) is 10.1. The Bertz CT molecular complexity index is 569. The van der Waals surface area contributed by atoms with Gasteiger partial charge in [-0.2, -0.15) is 0 Å². The van der Waals surface area contributed by atoms with Crippen molar-refractivity contribution in [2.75, 3.05) is 0 Å². The first kappa shape index (κ1) is 15.4. The molecule has 0 saturated carbocycles. The largest absolute Gasteiger partial charge is 0.475 e. The van der Waals surface area contributed by atoms with Gasteiger partial charge in [-0.25, -0.2) is 9.37 Å². The second kappa shape index (κ2) is 7.18. The van der Waals surface area contributed by atoms with Crippen molar-refractivity contribution < 1.29 is 9.13 Å². The number of rotatable bonds is 6. The quantitative estimate of drug-likeness (QED) is 0.876. The number of halogens is 1. The van der Waals surface area contributed by atoms with E-state index in [-0.39, 0.29) is 18.0 Å². The molecule has 1 aromatic carbocycles. The SMILES string of the molecule is CC(C)Oc1ncccc1CNC(C)c1ccc(F)cc1. The van der Waals surface area contributed by atoms with E-state index >= 15 is 0 Å². The molecule has 1 unspecified atom stereocenters. The second-order valence-electron chi connectivity index (χ2n) is 5.29. The lowest BCUT2D eigenvalue weighted by Crippen LogP contribution is -2.19. The van der Waals surface area contributed by atoms with Crippen LogP contribution in [-0.4, -0.2) is 11.1 Å². The summed E-state index contributed by atoms with van der Waals surface area (Å²) in [5.41, 5.74) is 2.06. The number of ether oxygens (including phenoxy) is 1. The summed E-state index contributed by atoms with van der Waals surface area (Å²) in [5.74, 6) is 0.442. The van der Waals surface area contributed by atoms with E-state index < -0.39 is 0 Å². The molecule has 112 valence electrons. The van der Waals surface area contributed by atoms with Crippen LogP contribution in [0.1, 0.15) is 37.9 Å². The highest BCUT2D eigenvalue weighted by molar-refractivity contribution is 5.26. The predicted octanol–water partition coefficient (Wildman–Crippen LogP) is 3.86. The van der Waals surface area contributed by atoms with Gasteiger partial charge in [0.25, 0.3) is 0 Å². The van der Waals surface area contributed by atoms with Crippen molar-refractivity contribution >= 4 is 0 Å². The lowest BCUT2D eigenvalue weighted by Gasteiger charge is -2.17. The molecule has 1 aromatic heterocycles. The lowest BCUT2D eigenvalue weighted by molar-refractivity contribution is 0.229. The Hall–Kier alpha value is -1.94. The molecule has 0 amide bonds. The average molecular weight is 288 g/mol. The van der Waals surface area contributed by atoms with Crippen molar-refractivity contribution in [2.24, 2.45) is 0 Å². The monoisotopic (exact) mass is 288 g/mol. The Balaban J connectivity index is 2.01. The predicted molar refractivity (Wildman–Crippen MR) is 81.7 cm³/mol. The van der Waals surface area contributed by atoms with E-state index in [4.69, 9.17) is 4.74 Å². The molecule has 21 heavy (non-hydrogen) atoms. The highest BCUT2D eigenvalue weighted by atomic mass is 19.1. The zero-order valence-electron chi connectivity index (χ0n) is 12.6. The third-order valence-electron chi connectivity index (χ3n) is 3.17. The topological polar surface area (TPSA) is 34.1 Å². The van der Waals surface area contributed by atoms with E-state index in [1.165, 1.54) is 12.1 Å². The number of nitrogens with zero attached hydrogens (tertiary/aromatic N) is 1. The molecule has 2 rings (SSSR count). The Morgan fingerprint density at radius 1 is 1.14 bits per heavy atom. The van der Waals surface area contributed by atoms with Crippen LogP contribution in [0, 0.1) is 5.82 Å². The van der Waals surface area contributed by atoms with Crippen molar-refractivity contribution in [3.8, 4) is 5.88 Å². The van der Waals surface area contributed by atoms with Crippen molar-refractivity contribution in [2.45, 2.75) is 39.5 Å². The second-order valence-corrected chi connectivity index (χ2v) is 5.29. The number of aromatic nitrogens is 1. The van der Waals surface area contributed by atoms with Gasteiger partial charge in [-0.3, -0.25) is 0 Å². The molecule has 1 N–H and O–H groups in total. The minimum absolute atomic E-state index is 0.0909. The molecule has 1 heterocycles. The van der Waals surface area contributed by atoms with Crippen LogP contribution >= 0.6 is 0 Å². The van der Waals surface area contributed by atoms with Gasteiger partial charge in [0.05, 0.1) is 6.10 Å². The van der Waals surface area contributed by atoms with E-state index in [0.29, 0.717) is 12.4 Å². The van der Waals surface area contributed by atoms with Gasteiger partial charge in [-0.05, 0) is 44.5 Å². The van der Waals surface area contributed by atoms with Gasteiger partial charge in [0.15, 0.2) is 0 Å². The fraction of sp³-hybridized carbons (Fsp3) is 0.353. The molecule has 3 nitrogen and oxygen atoms in total.